The third-order valence-electron chi connectivity index (χ3n) is 2.02. The zero-order valence-corrected chi connectivity index (χ0v) is 10.7. The van der Waals surface area contributed by atoms with Gasteiger partial charge in [0.25, 0.3) is 0 Å². The molecule has 4 nitrogen and oxygen atoms in total. The van der Waals surface area contributed by atoms with Crippen LogP contribution in [0.2, 0.25) is 0 Å². The van der Waals surface area contributed by atoms with Crippen LogP contribution in [0.3, 0.4) is 0 Å². The molecule has 0 unspecified atom stereocenters. The molecule has 92 valence electrons. The second-order valence-electron chi connectivity index (χ2n) is 3.42. The molecule has 0 heterocycles. The molecule has 1 aromatic carbocycles. The Labute approximate surface area is 102 Å². The molecule has 0 saturated heterocycles. The fraction of sp³-hybridized carbons (Fsp3) is 0.333. The van der Waals surface area contributed by atoms with E-state index in [1.54, 1.807) is 24.3 Å². The van der Waals surface area contributed by atoms with E-state index in [2.05, 4.69) is 16.6 Å². The van der Waals surface area contributed by atoms with Crippen molar-refractivity contribution in [1.82, 2.24) is 4.72 Å². The van der Waals surface area contributed by atoms with Gasteiger partial charge in [0.05, 0.1) is 11.4 Å². The largest absolute Gasteiger partial charge is 0.372 e. The maximum absolute atomic E-state index is 11.8. The number of hydrogen-bond acceptors (Lipinski definition) is 3. The van der Waals surface area contributed by atoms with Crippen LogP contribution in [0, 0.1) is 18.8 Å². The van der Waals surface area contributed by atoms with E-state index in [-0.39, 0.29) is 11.4 Å². The highest BCUT2D eigenvalue weighted by Crippen LogP contribution is 2.09. The summed E-state index contributed by atoms with van der Waals surface area (Å²) in [7, 11) is -1.92. The monoisotopic (exact) mass is 253 g/mol. The van der Waals surface area contributed by atoms with Gasteiger partial charge in [-0.25, -0.2) is 8.42 Å². The first kappa shape index (κ1) is 13.7. The third kappa shape index (κ3) is 4.57. The molecule has 0 aromatic heterocycles. The summed E-state index contributed by atoms with van der Waals surface area (Å²) >= 11 is 0. The van der Waals surface area contributed by atoms with E-state index in [0.29, 0.717) is 6.61 Å². The van der Waals surface area contributed by atoms with Crippen molar-refractivity contribution >= 4 is 10.0 Å². The fourth-order valence-electron chi connectivity index (χ4n) is 1.12. The summed E-state index contributed by atoms with van der Waals surface area (Å²) < 4.78 is 30.6. The van der Waals surface area contributed by atoms with Crippen molar-refractivity contribution in [2.24, 2.45) is 0 Å². The van der Waals surface area contributed by atoms with Crippen LogP contribution in [0.25, 0.3) is 0 Å². The fourth-order valence-corrected chi connectivity index (χ4v) is 2.04. The minimum Gasteiger partial charge on any atom is -0.372 e. The number of sulfonamides is 1. The number of rotatable bonds is 4. The van der Waals surface area contributed by atoms with Crippen LogP contribution in [-0.2, 0) is 14.8 Å². The van der Waals surface area contributed by atoms with Crippen LogP contribution in [0.15, 0.2) is 29.2 Å². The molecule has 0 atom stereocenters. The molecule has 1 aromatic rings. The summed E-state index contributed by atoms with van der Waals surface area (Å²) in [6.07, 6.45) is 0. The Kier molecular flexibility index (Phi) is 5.16. The van der Waals surface area contributed by atoms with E-state index in [9.17, 15) is 8.42 Å². The van der Waals surface area contributed by atoms with Gasteiger partial charge >= 0.3 is 0 Å². The molecule has 0 aliphatic carbocycles. The second-order valence-corrected chi connectivity index (χ2v) is 5.19. The Balaban J connectivity index is 2.64. The van der Waals surface area contributed by atoms with Crippen molar-refractivity contribution in [3.63, 3.8) is 0 Å². The summed E-state index contributed by atoms with van der Waals surface area (Å²) in [6.45, 7) is 2.28. The van der Waals surface area contributed by atoms with Gasteiger partial charge < -0.3 is 4.74 Å². The first-order chi connectivity index (χ1) is 8.06. The van der Waals surface area contributed by atoms with Crippen LogP contribution in [0.1, 0.15) is 5.56 Å². The van der Waals surface area contributed by atoms with Gasteiger partial charge in [-0.1, -0.05) is 29.5 Å². The number of nitrogens with one attached hydrogen (secondary N) is 1. The Bertz CT molecular complexity index is 509. The quantitative estimate of drug-likeness (QED) is 0.812. The van der Waals surface area contributed by atoms with Crippen LogP contribution < -0.4 is 4.72 Å². The van der Waals surface area contributed by atoms with Crippen LogP contribution in [0.5, 0.6) is 0 Å². The smallest absolute Gasteiger partial charge is 0.241 e. The Morgan fingerprint density at radius 2 is 1.88 bits per heavy atom. The molecule has 17 heavy (non-hydrogen) atoms. The van der Waals surface area contributed by atoms with E-state index in [1.165, 1.54) is 7.11 Å². The zero-order valence-electron chi connectivity index (χ0n) is 9.86. The van der Waals surface area contributed by atoms with Gasteiger partial charge in [-0.3, -0.25) is 0 Å². The summed E-state index contributed by atoms with van der Waals surface area (Å²) in [4.78, 5) is 0.247. The van der Waals surface area contributed by atoms with Gasteiger partial charge in [-0.05, 0) is 19.1 Å². The lowest BCUT2D eigenvalue weighted by Crippen LogP contribution is -2.24. The van der Waals surface area contributed by atoms with Crippen molar-refractivity contribution < 1.29 is 13.2 Å². The Morgan fingerprint density at radius 1 is 1.24 bits per heavy atom. The summed E-state index contributed by atoms with van der Waals surface area (Å²) in [5.74, 6) is 5.33. The summed E-state index contributed by atoms with van der Waals surface area (Å²) in [5.41, 5.74) is 1.02. The molecule has 0 saturated carbocycles. The molecule has 1 rings (SSSR count). The van der Waals surface area contributed by atoms with E-state index < -0.39 is 10.0 Å². The lowest BCUT2D eigenvalue weighted by atomic mass is 10.2. The number of methoxy groups -OCH3 is 1. The van der Waals surface area contributed by atoms with Gasteiger partial charge in [0.2, 0.25) is 10.0 Å². The van der Waals surface area contributed by atoms with Gasteiger partial charge in [0, 0.05) is 7.11 Å². The molecule has 0 fully saturated rings. The third-order valence-corrected chi connectivity index (χ3v) is 3.44. The number of ether oxygens (including phenoxy) is 1. The number of aryl methyl sites for hydroxylation is 1. The van der Waals surface area contributed by atoms with Gasteiger partial charge in [0.1, 0.15) is 6.61 Å². The molecular weight excluding hydrogens is 238 g/mol. The summed E-state index contributed by atoms with van der Waals surface area (Å²) in [5, 5.41) is 0. The summed E-state index contributed by atoms with van der Waals surface area (Å²) in [6, 6.07) is 6.65. The first-order valence-corrected chi connectivity index (χ1v) is 6.55. The predicted molar refractivity (Wildman–Crippen MR) is 66.0 cm³/mol. The predicted octanol–water partition coefficient (Wildman–Crippen LogP) is 0.923. The van der Waals surface area contributed by atoms with Crippen LogP contribution in [0.4, 0.5) is 0 Å². The maximum Gasteiger partial charge on any atom is 0.241 e. The molecule has 0 bridgehead atoms. The number of hydrogen-bond donors (Lipinski definition) is 1. The first-order valence-electron chi connectivity index (χ1n) is 5.07. The van der Waals surface area contributed by atoms with Crippen LogP contribution in [-0.4, -0.2) is 28.7 Å². The Hall–Kier alpha value is -1.35. The minimum atomic E-state index is -3.46. The average Bonchev–Trinajstić information content (AvgIpc) is 2.29. The van der Waals surface area contributed by atoms with Crippen molar-refractivity contribution in [3.8, 4) is 11.8 Å². The lowest BCUT2D eigenvalue weighted by molar-refractivity contribution is 0.239. The highest BCUT2D eigenvalue weighted by molar-refractivity contribution is 7.89. The molecule has 0 aliphatic rings. The Morgan fingerprint density at radius 3 is 2.47 bits per heavy atom. The standard InChI is InChI=1S/C12H15NO3S/c1-11-5-7-12(8-6-11)17(14,15)13-9-3-4-10-16-2/h5-8,13H,9-10H2,1-2H3. The molecule has 0 radical (unpaired) electrons. The van der Waals surface area contributed by atoms with E-state index in [0.717, 1.165) is 5.56 Å². The molecule has 1 N–H and O–H groups in total. The van der Waals surface area contributed by atoms with E-state index in [1.807, 2.05) is 6.92 Å². The molecular formula is C12H15NO3S. The van der Waals surface area contributed by atoms with Gasteiger partial charge in [-0.2, -0.15) is 4.72 Å². The SMILES string of the molecule is COCC#CCNS(=O)(=O)c1ccc(C)cc1. The minimum absolute atomic E-state index is 0.0829. The molecule has 5 heteroatoms. The highest BCUT2D eigenvalue weighted by Gasteiger charge is 2.11. The zero-order chi connectivity index (χ0) is 12.7. The molecule has 0 spiro atoms. The normalized spacial score (nSPS) is 10.7. The highest BCUT2D eigenvalue weighted by atomic mass is 32.2. The van der Waals surface area contributed by atoms with E-state index >= 15 is 0 Å². The van der Waals surface area contributed by atoms with E-state index in [4.69, 9.17) is 4.74 Å². The molecule has 0 amide bonds. The second kappa shape index (κ2) is 6.40. The molecule has 0 aliphatic heterocycles. The van der Waals surface area contributed by atoms with Gasteiger partial charge in [0.15, 0.2) is 0 Å². The van der Waals surface area contributed by atoms with Gasteiger partial charge in [-0.15, -0.1) is 0 Å². The number of benzene rings is 1. The van der Waals surface area contributed by atoms with Crippen molar-refractivity contribution in [2.45, 2.75) is 11.8 Å². The van der Waals surface area contributed by atoms with Crippen molar-refractivity contribution in [1.29, 1.82) is 0 Å². The maximum atomic E-state index is 11.8. The van der Waals surface area contributed by atoms with Crippen LogP contribution >= 0.6 is 0 Å². The topological polar surface area (TPSA) is 55.4 Å². The van der Waals surface area contributed by atoms with Crippen molar-refractivity contribution in [3.05, 3.63) is 29.8 Å². The lowest BCUT2D eigenvalue weighted by Gasteiger charge is -2.03. The van der Waals surface area contributed by atoms with Crippen molar-refractivity contribution in [2.75, 3.05) is 20.3 Å². The average molecular weight is 253 g/mol.